The maximum Gasteiger partial charge on any atom is 0.127 e. The van der Waals surface area contributed by atoms with Crippen LogP contribution in [0.1, 0.15) is 12.0 Å². The van der Waals surface area contributed by atoms with Gasteiger partial charge in [-0.25, -0.2) is 4.39 Å². The van der Waals surface area contributed by atoms with Crippen LogP contribution in [0, 0.1) is 5.82 Å². The molecule has 0 bridgehead atoms. The SMILES string of the molecule is OCC1CNCCCN1Cc1ccccc1F. The molecule has 1 atom stereocenters. The zero-order chi connectivity index (χ0) is 12.1. The number of aliphatic hydroxyl groups is 1. The Labute approximate surface area is 101 Å². The average molecular weight is 238 g/mol. The smallest absolute Gasteiger partial charge is 0.127 e. The summed E-state index contributed by atoms with van der Waals surface area (Å²) in [6, 6.07) is 6.92. The van der Waals surface area contributed by atoms with Gasteiger partial charge < -0.3 is 10.4 Å². The van der Waals surface area contributed by atoms with E-state index in [2.05, 4.69) is 10.2 Å². The number of rotatable bonds is 3. The minimum Gasteiger partial charge on any atom is -0.395 e. The van der Waals surface area contributed by atoms with Crippen molar-refractivity contribution in [1.29, 1.82) is 0 Å². The van der Waals surface area contributed by atoms with Gasteiger partial charge in [-0.15, -0.1) is 0 Å². The first-order valence-electron chi connectivity index (χ1n) is 6.10. The van der Waals surface area contributed by atoms with E-state index in [1.165, 1.54) is 6.07 Å². The molecule has 1 aromatic rings. The molecule has 4 heteroatoms. The van der Waals surface area contributed by atoms with E-state index in [4.69, 9.17) is 0 Å². The maximum absolute atomic E-state index is 13.6. The van der Waals surface area contributed by atoms with Gasteiger partial charge in [-0.3, -0.25) is 4.90 Å². The molecule has 2 rings (SSSR count). The van der Waals surface area contributed by atoms with Gasteiger partial charge in [0.1, 0.15) is 5.82 Å². The van der Waals surface area contributed by atoms with Crippen molar-refractivity contribution in [3.63, 3.8) is 0 Å². The summed E-state index contributed by atoms with van der Waals surface area (Å²) in [6.07, 6.45) is 1.03. The van der Waals surface area contributed by atoms with Gasteiger partial charge in [-0.2, -0.15) is 0 Å². The van der Waals surface area contributed by atoms with E-state index in [1.54, 1.807) is 6.07 Å². The second-order valence-corrected chi connectivity index (χ2v) is 4.46. The molecular formula is C13H19FN2O. The third-order valence-electron chi connectivity index (χ3n) is 3.24. The lowest BCUT2D eigenvalue weighted by atomic mass is 10.1. The van der Waals surface area contributed by atoms with Crippen LogP contribution in [0.4, 0.5) is 4.39 Å². The van der Waals surface area contributed by atoms with E-state index >= 15 is 0 Å². The summed E-state index contributed by atoms with van der Waals surface area (Å²) < 4.78 is 13.6. The van der Waals surface area contributed by atoms with Gasteiger partial charge in [0.25, 0.3) is 0 Å². The molecule has 0 spiro atoms. The zero-order valence-electron chi connectivity index (χ0n) is 9.90. The first kappa shape index (κ1) is 12.5. The van der Waals surface area contributed by atoms with E-state index < -0.39 is 0 Å². The summed E-state index contributed by atoms with van der Waals surface area (Å²) in [5, 5.41) is 12.6. The van der Waals surface area contributed by atoms with Crippen molar-refractivity contribution in [2.24, 2.45) is 0 Å². The second kappa shape index (κ2) is 6.10. The van der Waals surface area contributed by atoms with Crippen molar-refractivity contribution in [1.82, 2.24) is 10.2 Å². The third kappa shape index (κ3) is 3.25. The zero-order valence-corrected chi connectivity index (χ0v) is 9.90. The van der Waals surface area contributed by atoms with Gasteiger partial charge in [0.05, 0.1) is 6.61 Å². The van der Waals surface area contributed by atoms with Gasteiger partial charge in [0.2, 0.25) is 0 Å². The summed E-state index contributed by atoms with van der Waals surface area (Å²) in [5.41, 5.74) is 0.702. The summed E-state index contributed by atoms with van der Waals surface area (Å²) in [7, 11) is 0. The molecule has 1 fully saturated rings. The van der Waals surface area contributed by atoms with E-state index in [-0.39, 0.29) is 18.5 Å². The molecule has 2 N–H and O–H groups in total. The van der Waals surface area contributed by atoms with Gasteiger partial charge in [0.15, 0.2) is 0 Å². The summed E-state index contributed by atoms with van der Waals surface area (Å²) in [4.78, 5) is 2.15. The number of halogens is 1. The van der Waals surface area contributed by atoms with Crippen molar-refractivity contribution in [2.45, 2.75) is 19.0 Å². The Kier molecular flexibility index (Phi) is 4.48. The molecule has 0 aliphatic carbocycles. The Morgan fingerprint density at radius 2 is 2.24 bits per heavy atom. The third-order valence-corrected chi connectivity index (χ3v) is 3.24. The highest BCUT2D eigenvalue weighted by molar-refractivity contribution is 5.17. The molecular weight excluding hydrogens is 219 g/mol. The lowest BCUT2D eigenvalue weighted by Gasteiger charge is -2.28. The average Bonchev–Trinajstić information content (AvgIpc) is 2.57. The van der Waals surface area contributed by atoms with Gasteiger partial charge in [0, 0.05) is 31.2 Å². The fraction of sp³-hybridized carbons (Fsp3) is 0.538. The van der Waals surface area contributed by atoms with E-state index in [1.807, 2.05) is 12.1 Å². The number of aliphatic hydroxyl groups excluding tert-OH is 1. The first-order chi connectivity index (χ1) is 8.31. The molecule has 0 amide bonds. The monoisotopic (exact) mass is 238 g/mol. The number of hydrogen-bond acceptors (Lipinski definition) is 3. The van der Waals surface area contributed by atoms with Crippen LogP contribution >= 0.6 is 0 Å². The molecule has 17 heavy (non-hydrogen) atoms. The molecule has 1 aliphatic rings. The highest BCUT2D eigenvalue weighted by Crippen LogP contribution is 2.13. The lowest BCUT2D eigenvalue weighted by molar-refractivity contribution is 0.125. The first-order valence-corrected chi connectivity index (χ1v) is 6.10. The molecule has 1 aromatic carbocycles. The molecule has 0 radical (unpaired) electrons. The molecule has 0 aromatic heterocycles. The van der Waals surface area contributed by atoms with Gasteiger partial charge in [-0.05, 0) is 19.0 Å². The molecule has 94 valence electrons. The van der Waals surface area contributed by atoms with E-state index in [0.29, 0.717) is 12.1 Å². The van der Waals surface area contributed by atoms with Crippen molar-refractivity contribution >= 4 is 0 Å². The van der Waals surface area contributed by atoms with Crippen LogP contribution in [0.15, 0.2) is 24.3 Å². The predicted molar refractivity (Wildman–Crippen MR) is 65.2 cm³/mol. The fourth-order valence-corrected chi connectivity index (χ4v) is 2.22. The Balaban J connectivity index is 2.07. The molecule has 1 saturated heterocycles. The number of nitrogens with one attached hydrogen (secondary N) is 1. The highest BCUT2D eigenvalue weighted by Gasteiger charge is 2.20. The van der Waals surface area contributed by atoms with Gasteiger partial charge in [-0.1, -0.05) is 18.2 Å². The van der Waals surface area contributed by atoms with Crippen LogP contribution in [-0.4, -0.2) is 42.3 Å². The Morgan fingerprint density at radius 1 is 1.41 bits per heavy atom. The highest BCUT2D eigenvalue weighted by atomic mass is 19.1. The van der Waals surface area contributed by atoms with E-state index in [9.17, 15) is 9.50 Å². The quantitative estimate of drug-likeness (QED) is 0.824. The normalized spacial score (nSPS) is 22.4. The van der Waals surface area contributed by atoms with Crippen LogP contribution in [-0.2, 0) is 6.54 Å². The van der Waals surface area contributed by atoms with Crippen LogP contribution in [0.2, 0.25) is 0 Å². The second-order valence-electron chi connectivity index (χ2n) is 4.46. The molecule has 1 unspecified atom stereocenters. The largest absolute Gasteiger partial charge is 0.395 e. The fourth-order valence-electron chi connectivity index (χ4n) is 2.22. The minimum atomic E-state index is -0.165. The maximum atomic E-state index is 13.6. The standard InChI is InChI=1S/C13H19FN2O/c14-13-5-2-1-4-11(13)9-16-7-3-6-15-8-12(16)10-17/h1-2,4-5,12,15,17H,3,6-10H2. The lowest BCUT2D eigenvalue weighted by Crippen LogP contribution is -2.41. The summed E-state index contributed by atoms with van der Waals surface area (Å²) in [5.74, 6) is -0.165. The van der Waals surface area contributed by atoms with Crippen molar-refractivity contribution in [2.75, 3.05) is 26.2 Å². The Bertz CT molecular complexity index is 359. The molecule has 1 aliphatic heterocycles. The van der Waals surface area contributed by atoms with Crippen LogP contribution in [0.25, 0.3) is 0 Å². The Morgan fingerprint density at radius 3 is 3.00 bits per heavy atom. The number of nitrogens with zero attached hydrogens (tertiary/aromatic N) is 1. The van der Waals surface area contributed by atoms with Crippen molar-refractivity contribution < 1.29 is 9.50 Å². The Hall–Kier alpha value is -0.970. The van der Waals surface area contributed by atoms with Gasteiger partial charge >= 0.3 is 0 Å². The van der Waals surface area contributed by atoms with Crippen LogP contribution in [0.3, 0.4) is 0 Å². The predicted octanol–water partition coefficient (Wildman–Crippen LogP) is 0.982. The minimum absolute atomic E-state index is 0.0807. The van der Waals surface area contributed by atoms with Crippen molar-refractivity contribution in [3.05, 3.63) is 35.6 Å². The van der Waals surface area contributed by atoms with Crippen LogP contribution in [0.5, 0.6) is 0 Å². The van der Waals surface area contributed by atoms with E-state index in [0.717, 1.165) is 26.1 Å². The van der Waals surface area contributed by atoms with Crippen molar-refractivity contribution in [3.8, 4) is 0 Å². The summed E-state index contributed by atoms with van der Waals surface area (Å²) >= 11 is 0. The van der Waals surface area contributed by atoms with Crippen LogP contribution < -0.4 is 5.32 Å². The molecule has 3 nitrogen and oxygen atoms in total. The molecule has 1 heterocycles. The topological polar surface area (TPSA) is 35.5 Å². The summed E-state index contributed by atoms with van der Waals surface area (Å²) in [6.45, 7) is 3.31. The number of hydrogen-bond donors (Lipinski definition) is 2. The molecule has 0 saturated carbocycles. The number of benzene rings is 1.